The number of hydrogen-bond acceptors (Lipinski definition) is 8. The van der Waals surface area contributed by atoms with Crippen molar-refractivity contribution in [2.45, 2.75) is 26.5 Å². The van der Waals surface area contributed by atoms with Crippen molar-refractivity contribution in [3.05, 3.63) is 132 Å². The maximum Gasteiger partial charge on any atom is 0.338 e. The molecule has 0 amide bonds. The van der Waals surface area contributed by atoms with Gasteiger partial charge in [-0.2, -0.15) is 0 Å². The van der Waals surface area contributed by atoms with Crippen LogP contribution in [0.1, 0.15) is 36.6 Å². The van der Waals surface area contributed by atoms with Crippen LogP contribution < -0.4 is 29.1 Å². The minimum Gasteiger partial charge on any atom is -0.496 e. The minimum absolute atomic E-state index is 0.230. The lowest BCUT2D eigenvalue weighted by Gasteiger charge is -2.25. The van der Waals surface area contributed by atoms with Crippen LogP contribution >= 0.6 is 22.9 Å². The molecule has 5 aromatic rings. The van der Waals surface area contributed by atoms with E-state index in [4.69, 9.17) is 30.5 Å². The Hall–Kier alpha value is -4.86. The molecular formula is C36H31ClN2O6S. The van der Waals surface area contributed by atoms with Crippen LogP contribution in [0.2, 0.25) is 5.02 Å². The van der Waals surface area contributed by atoms with E-state index in [1.807, 2.05) is 43.3 Å². The third-order valence-electron chi connectivity index (χ3n) is 7.74. The van der Waals surface area contributed by atoms with E-state index in [-0.39, 0.29) is 11.1 Å². The fourth-order valence-electron chi connectivity index (χ4n) is 5.63. The van der Waals surface area contributed by atoms with Gasteiger partial charge in [0.15, 0.2) is 16.3 Å². The second-order valence-corrected chi connectivity index (χ2v) is 12.0. The van der Waals surface area contributed by atoms with Gasteiger partial charge in [-0.05, 0) is 72.2 Å². The van der Waals surface area contributed by atoms with Crippen LogP contribution in [0.25, 0.3) is 16.8 Å². The first kappa shape index (κ1) is 31.1. The van der Waals surface area contributed by atoms with Crippen LogP contribution in [0.15, 0.2) is 99.9 Å². The van der Waals surface area contributed by atoms with E-state index in [2.05, 4.69) is 29.3 Å². The van der Waals surface area contributed by atoms with Gasteiger partial charge in [-0.15, -0.1) is 0 Å². The van der Waals surface area contributed by atoms with Crippen LogP contribution in [-0.4, -0.2) is 31.4 Å². The summed E-state index contributed by atoms with van der Waals surface area (Å²) in [5.41, 5.74) is 2.71. The molecule has 0 fully saturated rings. The molecule has 234 valence electrons. The van der Waals surface area contributed by atoms with Crippen molar-refractivity contribution in [2.75, 3.05) is 20.8 Å². The number of carbonyl (C=O) groups excluding carboxylic acids is 1. The van der Waals surface area contributed by atoms with Gasteiger partial charge in [0, 0.05) is 10.6 Å². The Morgan fingerprint density at radius 3 is 2.54 bits per heavy atom. The number of rotatable bonds is 9. The van der Waals surface area contributed by atoms with Crippen LogP contribution in [0.3, 0.4) is 0 Å². The number of carbonyl (C=O) groups is 1. The van der Waals surface area contributed by atoms with E-state index in [9.17, 15) is 9.59 Å². The Morgan fingerprint density at radius 2 is 1.76 bits per heavy atom. The Bertz CT molecular complexity index is 2180. The molecule has 1 atom stereocenters. The Morgan fingerprint density at radius 1 is 0.978 bits per heavy atom. The summed E-state index contributed by atoms with van der Waals surface area (Å²) in [6.07, 6.45) is 1.78. The summed E-state index contributed by atoms with van der Waals surface area (Å²) >= 11 is 7.61. The average molecular weight is 655 g/mol. The zero-order valence-corrected chi connectivity index (χ0v) is 27.3. The number of methoxy groups -OCH3 is 2. The topological polar surface area (TPSA) is 88.4 Å². The third-order valence-corrected chi connectivity index (χ3v) is 8.96. The molecule has 0 radical (unpaired) electrons. The van der Waals surface area contributed by atoms with Gasteiger partial charge in [0.2, 0.25) is 0 Å². The average Bonchev–Trinajstić information content (AvgIpc) is 3.37. The van der Waals surface area contributed by atoms with Gasteiger partial charge >= 0.3 is 5.97 Å². The molecule has 0 unspecified atom stereocenters. The second kappa shape index (κ2) is 13.2. The lowest BCUT2D eigenvalue weighted by Crippen LogP contribution is -2.40. The van der Waals surface area contributed by atoms with Gasteiger partial charge < -0.3 is 18.9 Å². The molecular weight excluding hydrogens is 624 g/mol. The SMILES string of the molecule is CCOc1cc(/C=c2\sc3n(c2=O)[C@@H](c2cc(Cl)ccc2OC)C(C(=O)OC)=C(C)N=3)ccc1OCc1cccc2ccccc12. The lowest BCUT2D eigenvalue weighted by molar-refractivity contribution is -0.136. The van der Waals surface area contributed by atoms with Gasteiger partial charge in [0.05, 0.1) is 36.6 Å². The fraction of sp³-hybridized carbons (Fsp3) is 0.194. The lowest BCUT2D eigenvalue weighted by atomic mass is 9.95. The number of benzene rings is 4. The maximum absolute atomic E-state index is 14.1. The largest absolute Gasteiger partial charge is 0.496 e. The van der Waals surface area contributed by atoms with Crippen molar-refractivity contribution in [3.8, 4) is 17.2 Å². The minimum atomic E-state index is -0.858. The summed E-state index contributed by atoms with van der Waals surface area (Å²) in [4.78, 5) is 32.2. The highest BCUT2D eigenvalue weighted by atomic mass is 35.5. The highest BCUT2D eigenvalue weighted by molar-refractivity contribution is 7.07. The smallest absolute Gasteiger partial charge is 0.338 e. The first-order valence-electron chi connectivity index (χ1n) is 14.6. The summed E-state index contributed by atoms with van der Waals surface area (Å²) in [5.74, 6) is 1.04. The first-order chi connectivity index (χ1) is 22.3. The molecule has 1 aromatic heterocycles. The number of nitrogens with zero attached hydrogens (tertiary/aromatic N) is 2. The fourth-order valence-corrected chi connectivity index (χ4v) is 6.86. The third kappa shape index (κ3) is 5.91. The van der Waals surface area contributed by atoms with E-state index in [0.29, 0.717) is 56.1 Å². The number of allylic oxidation sites excluding steroid dienone is 1. The number of esters is 1. The van der Waals surface area contributed by atoms with Crippen molar-refractivity contribution >= 4 is 45.8 Å². The van der Waals surface area contributed by atoms with Gasteiger partial charge in [-0.1, -0.05) is 71.5 Å². The van der Waals surface area contributed by atoms with Crippen molar-refractivity contribution in [1.82, 2.24) is 4.57 Å². The summed E-state index contributed by atoms with van der Waals surface area (Å²) in [5, 5.41) is 2.72. The normalized spacial score (nSPS) is 14.5. The molecule has 0 aliphatic carbocycles. The molecule has 10 heteroatoms. The standard InChI is InChI=1S/C36H31ClN2O6S/c1-5-44-30-17-22(13-15-29(30)45-20-24-11-8-10-23-9-6-7-12-26(23)24)18-31-34(40)39-33(27-19-25(37)14-16-28(27)42-3)32(35(41)43-4)21(2)38-36(39)46-31/h6-19,33H,5,20H2,1-4H3/b31-18-/t33-/m0/s1. The Labute approximate surface area is 274 Å². The maximum atomic E-state index is 14.1. The highest BCUT2D eigenvalue weighted by Gasteiger charge is 2.35. The molecule has 1 aliphatic rings. The van der Waals surface area contributed by atoms with Crippen molar-refractivity contribution < 1.29 is 23.7 Å². The number of aromatic nitrogens is 1. The molecule has 6 rings (SSSR count). The monoisotopic (exact) mass is 654 g/mol. The van der Waals surface area contributed by atoms with Crippen molar-refractivity contribution in [1.29, 1.82) is 0 Å². The summed E-state index contributed by atoms with van der Waals surface area (Å²) in [7, 11) is 2.82. The molecule has 0 saturated heterocycles. The zero-order chi connectivity index (χ0) is 32.4. The molecule has 4 aromatic carbocycles. The van der Waals surface area contributed by atoms with Crippen LogP contribution in [0.4, 0.5) is 0 Å². The van der Waals surface area contributed by atoms with E-state index in [1.54, 1.807) is 31.2 Å². The van der Waals surface area contributed by atoms with Gasteiger partial charge in [0.25, 0.3) is 5.56 Å². The Kier molecular flexibility index (Phi) is 8.96. The zero-order valence-electron chi connectivity index (χ0n) is 25.7. The first-order valence-corrected chi connectivity index (χ1v) is 15.8. The summed E-state index contributed by atoms with van der Waals surface area (Å²) in [6.45, 7) is 4.44. The predicted octanol–water partition coefficient (Wildman–Crippen LogP) is 6.20. The second-order valence-electron chi connectivity index (χ2n) is 10.5. The number of halogens is 1. The highest BCUT2D eigenvalue weighted by Crippen LogP contribution is 2.37. The van der Waals surface area contributed by atoms with Crippen LogP contribution in [0.5, 0.6) is 17.2 Å². The number of hydrogen-bond donors (Lipinski definition) is 0. The molecule has 8 nitrogen and oxygen atoms in total. The van der Waals surface area contributed by atoms with E-state index in [1.165, 1.54) is 30.1 Å². The number of thiazole rings is 1. The summed E-state index contributed by atoms with van der Waals surface area (Å²) in [6, 6.07) is 24.1. The quantitative estimate of drug-likeness (QED) is 0.176. The number of ether oxygens (including phenoxy) is 4. The Balaban J connectivity index is 1.40. The molecule has 46 heavy (non-hydrogen) atoms. The molecule has 0 bridgehead atoms. The van der Waals surface area contributed by atoms with E-state index in [0.717, 1.165) is 21.9 Å². The van der Waals surface area contributed by atoms with Crippen LogP contribution in [-0.2, 0) is 16.1 Å². The predicted molar refractivity (Wildman–Crippen MR) is 180 cm³/mol. The van der Waals surface area contributed by atoms with E-state index >= 15 is 0 Å². The van der Waals surface area contributed by atoms with Gasteiger partial charge in [0.1, 0.15) is 18.4 Å². The molecule has 1 aliphatic heterocycles. The van der Waals surface area contributed by atoms with Gasteiger partial charge in [-0.25, -0.2) is 9.79 Å². The molecule has 0 saturated carbocycles. The van der Waals surface area contributed by atoms with Crippen LogP contribution in [0, 0.1) is 0 Å². The molecule has 2 heterocycles. The number of fused-ring (bicyclic) bond motifs is 2. The van der Waals surface area contributed by atoms with E-state index < -0.39 is 12.0 Å². The van der Waals surface area contributed by atoms with Crippen molar-refractivity contribution in [2.24, 2.45) is 4.99 Å². The molecule has 0 spiro atoms. The van der Waals surface area contributed by atoms with Crippen molar-refractivity contribution in [3.63, 3.8) is 0 Å². The van der Waals surface area contributed by atoms with Gasteiger partial charge in [-0.3, -0.25) is 9.36 Å². The summed E-state index contributed by atoms with van der Waals surface area (Å²) < 4.78 is 24.8. The molecule has 0 N–H and O–H groups in total.